The van der Waals surface area contributed by atoms with Crippen molar-refractivity contribution in [1.82, 2.24) is 5.32 Å². The SMILES string of the molecule is CC(C)(C)OC(=O)/C=C1\NC(=O)CS1. The van der Waals surface area contributed by atoms with Crippen LogP contribution in [-0.4, -0.2) is 23.2 Å². The molecule has 1 aliphatic heterocycles. The minimum Gasteiger partial charge on any atom is -0.457 e. The van der Waals surface area contributed by atoms with E-state index in [9.17, 15) is 9.59 Å². The Balaban J connectivity index is 2.52. The molecular formula is C9H13NO3S. The predicted molar refractivity (Wildman–Crippen MR) is 54.5 cm³/mol. The lowest BCUT2D eigenvalue weighted by Gasteiger charge is -2.18. The summed E-state index contributed by atoms with van der Waals surface area (Å²) < 4.78 is 5.05. The third-order valence-corrected chi connectivity index (χ3v) is 2.21. The van der Waals surface area contributed by atoms with Gasteiger partial charge in [0, 0.05) is 0 Å². The first kappa shape index (κ1) is 11.1. The summed E-state index contributed by atoms with van der Waals surface area (Å²) in [5, 5.41) is 3.11. The summed E-state index contributed by atoms with van der Waals surface area (Å²) in [6.07, 6.45) is 1.31. The quantitative estimate of drug-likeness (QED) is 0.524. The molecule has 0 bridgehead atoms. The van der Waals surface area contributed by atoms with E-state index in [0.717, 1.165) is 0 Å². The number of ether oxygens (including phenoxy) is 1. The van der Waals surface area contributed by atoms with Crippen molar-refractivity contribution in [3.63, 3.8) is 0 Å². The zero-order valence-corrected chi connectivity index (χ0v) is 9.23. The van der Waals surface area contributed by atoms with Crippen LogP contribution in [0.1, 0.15) is 20.8 Å². The van der Waals surface area contributed by atoms with Gasteiger partial charge in [-0.1, -0.05) is 11.8 Å². The van der Waals surface area contributed by atoms with Gasteiger partial charge in [0.15, 0.2) is 0 Å². The Morgan fingerprint density at radius 3 is 2.64 bits per heavy atom. The van der Waals surface area contributed by atoms with Crippen molar-refractivity contribution in [1.29, 1.82) is 0 Å². The molecule has 0 radical (unpaired) electrons. The number of rotatable bonds is 1. The summed E-state index contributed by atoms with van der Waals surface area (Å²) in [6, 6.07) is 0. The molecule has 0 spiro atoms. The minimum absolute atomic E-state index is 0.0789. The molecule has 1 fully saturated rings. The van der Waals surface area contributed by atoms with Crippen LogP contribution >= 0.6 is 11.8 Å². The molecular weight excluding hydrogens is 202 g/mol. The van der Waals surface area contributed by atoms with Crippen LogP contribution in [0, 0.1) is 0 Å². The molecule has 0 aromatic heterocycles. The number of hydrogen-bond acceptors (Lipinski definition) is 4. The predicted octanol–water partition coefficient (Wildman–Crippen LogP) is 1.03. The van der Waals surface area contributed by atoms with Gasteiger partial charge in [0.1, 0.15) is 5.60 Å². The van der Waals surface area contributed by atoms with Gasteiger partial charge in [-0.3, -0.25) is 4.79 Å². The van der Waals surface area contributed by atoms with Crippen LogP contribution in [0.2, 0.25) is 0 Å². The van der Waals surface area contributed by atoms with Crippen LogP contribution in [0.4, 0.5) is 0 Å². The second-order valence-corrected chi connectivity index (χ2v) is 4.90. The van der Waals surface area contributed by atoms with E-state index in [2.05, 4.69) is 5.32 Å². The summed E-state index contributed by atoms with van der Waals surface area (Å²) in [7, 11) is 0. The molecule has 78 valence electrons. The summed E-state index contributed by atoms with van der Waals surface area (Å²) in [6.45, 7) is 5.39. The highest BCUT2D eigenvalue weighted by molar-refractivity contribution is 8.04. The van der Waals surface area contributed by atoms with Gasteiger partial charge in [0.25, 0.3) is 0 Å². The minimum atomic E-state index is -0.499. The molecule has 1 heterocycles. The Bertz CT molecular complexity index is 291. The molecule has 1 rings (SSSR count). The zero-order chi connectivity index (χ0) is 10.8. The summed E-state index contributed by atoms with van der Waals surface area (Å²) in [4.78, 5) is 22.1. The van der Waals surface area contributed by atoms with E-state index in [0.29, 0.717) is 10.8 Å². The number of nitrogens with one attached hydrogen (secondary N) is 1. The molecule has 1 saturated heterocycles. The van der Waals surface area contributed by atoms with Crippen molar-refractivity contribution in [3.8, 4) is 0 Å². The van der Waals surface area contributed by atoms with Gasteiger partial charge < -0.3 is 10.1 Å². The Labute approximate surface area is 87.1 Å². The molecule has 1 aliphatic rings. The fourth-order valence-corrected chi connectivity index (χ4v) is 1.59. The van der Waals surface area contributed by atoms with Crippen molar-refractivity contribution in [2.45, 2.75) is 26.4 Å². The second kappa shape index (κ2) is 4.04. The topological polar surface area (TPSA) is 55.4 Å². The van der Waals surface area contributed by atoms with Crippen LogP contribution in [-0.2, 0) is 14.3 Å². The first-order chi connectivity index (χ1) is 6.37. The lowest BCUT2D eigenvalue weighted by atomic mass is 10.2. The van der Waals surface area contributed by atoms with Gasteiger partial charge in [0.05, 0.1) is 16.9 Å². The monoisotopic (exact) mass is 215 g/mol. The highest BCUT2D eigenvalue weighted by Gasteiger charge is 2.19. The summed E-state index contributed by atoms with van der Waals surface area (Å²) in [5.74, 6) is -0.138. The number of carbonyl (C=O) groups is 2. The van der Waals surface area contributed by atoms with E-state index in [4.69, 9.17) is 4.74 Å². The Morgan fingerprint density at radius 2 is 2.21 bits per heavy atom. The van der Waals surface area contributed by atoms with Gasteiger partial charge in [0.2, 0.25) is 5.91 Å². The van der Waals surface area contributed by atoms with E-state index < -0.39 is 11.6 Å². The molecule has 0 aromatic rings. The first-order valence-corrected chi connectivity index (χ1v) is 5.23. The molecule has 0 aromatic carbocycles. The van der Waals surface area contributed by atoms with Crippen LogP contribution in [0.25, 0.3) is 0 Å². The average molecular weight is 215 g/mol. The number of esters is 1. The maximum Gasteiger partial charge on any atom is 0.333 e. The molecule has 1 N–H and O–H groups in total. The smallest absolute Gasteiger partial charge is 0.333 e. The largest absolute Gasteiger partial charge is 0.457 e. The molecule has 0 aliphatic carbocycles. The molecule has 0 saturated carbocycles. The van der Waals surface area contributed by atoms with E-state index in [1.807, 2.05) is 0 Å². The second-order valence-electron chi connectivity index (χ2n) is 3.88. The average Bonchev–Trinajstić information content (AvgIpc) is 2.30. The van der Waals surface area contributed by atoms with Crippen molar-refractivity contribution < 1.29 is 14.3 Å². The van der Waals surface area contributed by atoms with Gasteiger partial charge in [-0.25, -0.2) is 4.79 Å². The normalized spacial score (nSPS) is 19.6. The highest BCUT2D eigenvalue weighted by atomic mass is 32.2. The van der Waals surface area contributed by atoms with E-state index in [-0.39, 0.29) is 5.91 Å². The van der Waals surface area contributed by atoms with Gasteiger partial charge in [-0.05, 0) is 20.8 Å². The Morgan fingerprint density at radius 1 is 1.57 bits per heavy atom. The Hall–Kier alpha value is -0.970. The van der Waals surface area contributed by atoms with Gasteiger partial charge in [-0.2, -0.15) is 0 Å². The third kappa shape index (κ3) is 3.83. The van der Waals surface area contributed by atoms with Crippen molar-refractivity contribution >= 4 is 23.6 Å². The lowest BCUT2D eigenvalue weighted by Crippen LogP contribution is -2.23. The third-order valence-electron chi connectivity index (χ3n) is 1.28. The summed E-state index contributed by atoms with van der Waals surface area (Å²) in [5.41, 5.74) is -0.499. The standard InChI is InChI=1S/C9H13NO3S/c1-9(2,3)13-8(12)4-7-10-6(11)5-14-7/h4H,5H2,1-3H3,(H,10,11)/b7-4+. The number of carbonyl (C=O) groups excluding carboxylic acids is 2. The van der Waals surface area contributed by atoms with Crippen LogP contribution < -0.4 is 5.32 Å². The van der Waals surface area contributed by atoms with Gasteiger partial charge >= 0.3 is 5.97 Å². The number of hydrogen-bond donors (Lipinski definition) is 1. The maximum absolute atomic E-state index is 11.3. The molecule has 5 heteroatoms. The first-order valence-electron chi connectivity index (χ1n) is 4.24. The Kier molecular flexibility index (Phi) is 3.21. The maximum atomic E-state index is 11.3. The van der Waals surface area contributed by atoms with E-state index >= 15 is 0 Å². The fourth-order valence-electron chi connectivity index (χ4n) is 0.869. The zero-order valence-electron chi connectivity index (χ0n) is 8.42. The van der Waals surface area contributed by atoms with Crippen molar-refractivity contribution in [3.05, 3.63) is 11.1 Å². The summed E-state index contributed by atoms with van der Waals surface area (Å²) >= 11 is 1.30. The fraction of sp³-hybridized carbons (Fsp3) is 0.556. The molecule has 1 amide bonds. The van der Waals surface area contributed by atoms with Crippen LogP contribution in [0.3, 0.4) is 0 Å². The lowest BCUT2D eigenvalue weighted by molar-refractivity contribution is -0.148. The van der Waals surface area contributed by atoms with Crippen molar-refractivity contribution in [2.75, 3.05) is 5.75 Å². The molecule has 14 heavy (non-hydrogen) atoms. The van der Waals surface area contributed by atoms with Gasteiger partial charge in [-0.15, -0.1) is 0 Å². The van der Waals surface area contributed by atoms with E-state index in [1.165, 1.54) is 17.8 Å². The molecule has 4 nitrogen and oxygen atoms in total. The van der Waals surface area contributed by atoms with Crippen molar-refractivity contribution in [2.24, 2.45) is 0 Å². The van der Waals surface area contributed by atoms with Crippen LogP contribution in [0.5, 0.6) is 0 Å². The van der Waals surface area contributed by atoms with E-state index in [1.54, 1.807) is 20.8 Å². The molecule has 0 unspecified atom stereocenters. The number of amides is 1. The number of thioether (sulfide) groups is 1. The highest BCUT2D eigenvalue weighted by Crippen LogP contribution is 2.19. The molecule has 0 atom stereocenters. The van der Waals surface area contributed by atoms with Crippen LogP contribution in [0.15, 0.2) is 11.1 Å².